The number of hydrogen-bond donors (Lipinski definition) is 2. The number of carboxylic acid groups (broad SMARTS) is 1. The lowest BCUT2D eigenvalue weighted by Crippen LogP contribution is -2.39. The number of amides is 2. The third-order valence-electron chi connectivity index (χ3n) is 5.63. The zero-order valence-corrected chi connectivity index (χ0v) is 15.6. The molecule has 148 valence electrons. The summed E-state index contributed by atoms with van der Waals surface area (Å²) in [6, 6.07) is 7.31. The van der Waals surface area contributed by atoms with Crippen molar-refractivity contribution in [3.05, 3.63) is 34.9 Å². The summed E-state index contributed by atoms with van der Waals surface area (Å²) < 4.78 is 26.7. The number of alkyl halides is 2. The highest BCUT2D eigenvalue weighted by atomic mass is 35.5. The van der Waals surface area contributed by atoms with Crippen LogP contribution in [0.3, 0.4) is 0 Å². The second-order valence-corrected chi connectivity index (χ2v) is 7.91. The maximum absolute atomic E-state index is 13.4. The van der Waals surface area contributed by atoms with E-state index in [1.54, 1.807) is 17.0 Å². The van der Waals surface area contributed by atoms with Gasteiger partial charge >= 0.3 is 6.09 Å². The molecule has 27 heavy (non-hydrogen) atoms. The maximum atomic E-state index is 13.4. The average molecular weight is 401 g/mol. The number of likely N-dealkylation sites (tertiary alicyclic amines) is 1. The fraction of sp³-hybridized carbons (Fsp3) is 0.579. The molecule has 2 fully saturated rings. The summed E-state index contributed by atoms with van der Waals surface area (Å²) in [6.45, 7) is 1.10. The standard InChI is InChI=1S/C19H23ClF2N2O3/c20-15-3-1-12(2-4-15)16-11-24(10-14(16)9-23-18(26)27)17(25)13-5-7-19(21,22)8-6-13/h1-4,13-14,16,23H,5-11H2,(H,26,27)/t14-,16-/m0/s1. The summed E-state index contributed by atoms with van der Waals surface area (Å²) in [4.78, 5) is 25.4. The lowest BCUT2D eigenvalue weighted by atomic mass is 9.86. The van der Waals surface area contributed by atoms with Crippen molar-refractivity contribution >= 4 is 23.6 Å². The molecule has 0 spiro atoms. The van der Waals surface area contributed by atoms with E-state index < -0.39 is 12.0 Å². The van der Waals surface area contributed by atoms with Crippen LogP contribution in [0.15, 0.2) is 24.3 Å². The molecule has 2 aliphatic rings. The van der Waals surface area contributed by atoms with Crippen LogP contribution in [0.2, 0.25) is 5.02 Å². The van der Waals surface area contributed by atoms with E-state index in [9.17, 15) is 18.4 Å². The molecule has 1 saturated carbocycles. The monoisotopic (exact) mass is 400 g/mol. The summed E-state index contributed by atoms with van der Waals surface area (Å²) in [7, 11) is 0. The maximum Gasteiger partial charge on any atom is 0.404 e. The molecule has 0 aromatic heterocycles. The van der Waals surface area contributed by atoms with Crippen LogP contribution in [0.5, 0.6) is 0 Å². The highest BCUT2D eigenvalue weighted by molar-refractivity contribution is 6.30. The van der Waals surface area contributed by atoms with Gasteiger partial charge in [0.25, 0.3) is 0 Å². The quantitative estimate of drug-likeness (QED) is 0.803. The first-order valence-electron chi connectivity index (χ1n) is 9.14. The lowest BCUT2D eigenvalue weighted by molar-refractivity contribution is -0.138. The van der Waals surface area contributed by atoms with Crippen molar-refractivity contribution < 1.29 is 23.5 Å². The van der Waals surface area contributed by atoms with Gasteiger partial charge in [-0.3, -0.25) is 4.79 Å². The molecular weight excluding hydrogens is 378 g/mol. The van der Waals surface area contributed by atoms with Gasteiger partial charge in [0.05, 0.1) is 0 Å². The van der Waals surface area contributed by atoms with Crippen molar-refractivity contribution in [3.8, 4) is 0 Å². The Balaban J connectivity index is 1.71. The van der Waals surface area contributed by atoms with E-state index in [1.165, 1.54) is 0 Å². The highest BCUT2D eigenvalue weighted by Gasteiger charge is 2.42. The first-order valence-corrected chi connectivity index (χ1v) is 9.52. The first-order chi connectivity index (χ1) is 12.7. The normalized spacial score (nSPS) is 25.4. The molecule has 1 saturated heterocycles. The van der Waals surface area contributed by atoms with Crippen molar-refractivity contribution in [2.45, 2.75) is 37.5 Å². The second kappa shape index (κ2) is 8.00. The van der Waals surface area contributed by atoms with E-state index in [0.29, 0.717) is 18.1 Å². The van der Waals surface area contributed by atoms with E-state index in [-0.39, 0.29) is 55.9 Å². The number of nitrogens with one attached hydrogen (secondary N) is 1. The number of carbonyl (C=O) groups excluding carboxylic acids is 1. The molecule has 5 nitrogen and oxygen atoms in total. The molecular formula is C19H23ClF2N2O3. The Morgan fingerprint density at radius 1 is 1.19 bits per heavy atom. The number of carbonyl (C=O) groups is 2. The van der Waals surface area contributed by atoms with Crippen LogP contribution in [0.1, 0.15) is 37.2 Å². The Morgan fingerprint density at radius 2 is 1.81 bits per heavy atom. The molecule has 2 N–H and O–H groups in total. The largest absolute Gasteiger partial charge is 0.465 e. The lowest BCUT2D eigenvalue weighted by Gasteiger charge is -2.30. The predicted octanol–water partition coefficient (Wildman–Crippen LogP) is 3.98. The Morgan fingerprint density at radius 3 is 2.41 bits per heavy atom. The summed E-state index contributed by atoms with van der Waals surface area (Å²) in [5, 5.41) is 11.9. The molecule has 1 aromatic rings. The van der Waals surface area contributed by atoms with Crippen molar-refractivity contribution in [1.82, 2.24) is 10.2 Å². The Bertz CT molecular complexity index is 689. The predicted molar refractivity (Wildman–Crippen MR) is 97.2 cm³/mol. The van der Waals surface area contributed by atoms with Gasteiger partial charge in [-0.05, 0) is 30.5 Å². The summed E-state index contributed by atoms with van der Waals surface area (Å²) in [5.41, 5.74) is 0.988. The Kier molecular flexibility index (Phi) is 5.89. The molecule has 1 heterocycles. The zero-order chi connectivity index (χ0) is 19.6. The van der Waals surface area contributed by atoms with Crippen LogP contribution in [0.25, 0.3) is 0 Å². The number of benzene rings is 1. The summed E-state index contributed by atoms with van der Waals surface area (Å²) in [5.74, 6) is -3.23. The molecule has 1 aromatic carbocycles. The molecule has 0 unspecified atom stereocenters. The van der Waals surface area contributed by atoms with Crippen molar-refractivity contribution in [2.75, 3.05) is 19.6 Å². The van der Waals surface area contributed by atoms with Gasteiger partial charge in [0.15, 0.2) is 0 Å². The van der Waals surface area contributed by atoms with Crippen LogP contribution in [0.4, 0.5) is 13.6 Å². The molecule has 0 radical (unpaired) electrons. The van der Waals surface area contributed by atoms with Crippen LogP contribution < -0.4 is 5.32 Å². The first kappa shape index (κ1) is 19.9. The van der Waals surface area contributed by atoms with E-state index in [0.717, 1.165) is 5.56 Å². The minimum absolute atomic E-state index is 0.0249. The van der Waals surface area contributed by atoms with Crippen molar-refractivity contribution in [3.63, 3.8) is 0 Å². The van der Waals surface area contributed by atoms with Crippen LogP contribution in [-0.2, 0) is 4.79 Å². The van der Waals surface area contributed by atoms with E-state index in [2.05, 4.69) is 5.32 Å². The van der Waals surface area contributed by atoms with E-state index in [4.69, 9.17) is 16.7 Å². The molecule has 2 atom stereocenters. The molecule has 1 aliphatic carbocycles. The van der Waals surface area contributed by atoms with Gasteiger partial charge in [-0.25, -0.2) is 13.6 Å². The summed E-state index contributed by atoms with van der Waals surface area (Å²) in [6.07, 6.45) is -1.20. The number of nitrogens with zero attached hydrogens (tertiary/aromatic N) is 1. The van der Waals surface area contributed by atoms with Gasteiger partial charge in [-0.1, -0.05) is 23.7 Å². The smallest absolute Gasteiger partial charge is 0.404 e. The number of halogens is 3. The fourth-order valence-electron chi connectivity index (χ4n) is 4.11. The van der Waals surface area contributed by atoms with Gasteiger partial charge in [0.1, 0.15) is 0 Å². The van der Waals surface area contributed by atoms with Crippen molar-refractivity contribution in [2.24, 2.45) is 11.8 Å². The Labute approximate surface area is 161 Å². The van der Waals surface area contributed by atoms with Gasteiger partial charge in [0.2, 0.25) is 11.8 Å². The molecule has 3 rings (SSSR count). The third kappa shape index (κ3) is 4.89. The average Bonchev–Trinajstić information content (AvgIpc) is 3.04. The SMILES string of the molecule is O=C(O)NC[C@H]1CN(C(=O)C2CCC(F)(F)CC2)C[C@H]1c1ccc(Cl)cc1. The van der Waals surface area contributed by atoms with Crippen molar-refractivity contribution in [1.29, 1.82) is 0 Å². The fourth-order valence-corrected chi connectivity index (χ4v) is 4.24. The van der Waals surface area contributed by atoms with Crippen LogP contribution in [-0.4, -0.2) is 47.6 Å². The molecule has 8 heteroatoms. The molecule has 2 amide bonds. The topological polar surface area (TPSA) is 69.6 Å². The minimum atomic E-state index is -2.67. The van der Waals surface area contributed by atoms with Crippen LogP contribution >= 0.6 is 11.6 Å². The number of rotatable bonds is 4. The van der Waals surface area contributed by atoms with E-state index in [1.807, 2.05) is 12.1 Å². The molecule has 1 aliphatic heterocycles. The minimum Gasteiger partial charge on any atom is -0.465 e. The highest BCUT2D eigenvalue weighted by Crippen LogP contribution is 2.39. The van der Waals surface area contributed by atoms with E-state index >= 15 is 0 Å². The summed E-state index contributed by atoms with van der Waals surface area (Å²) >= 11 is 5.95. The molecule has 0 bridgehead atoms. The Hall–Kier alpha value is -1.89. The van der Waals surface area contributed by atoms with Gasteiger partial charge in [-0.2, -0.15) is 0 Å². The van der Waals surface area contributed by atoms with Gasteiger partial charge in [-0.15, -0.1) is 0 Å². The number of hydrogen-bond acceptors (Lipinski definition) is 2. The van der Waals surface area contributed by atoms with Crippen LogP contribution in [0, 0.1) is 11.8 Å². The second-order valence-electron chi connectivity index (χ2n) is 7.48. The van der Waals surface area contributed by atoms with Gasteiger partial charge < -0.3 is 15.3 Å². The third-order valence-corrected chi connectivity index (χ3v) is 5.88. The zero-order valence-electron chi connectivity index (χ0n) is 14.8. The van der Waals surface area contributed by atoms with Gasteiger partial charge in [0, 0.05) is 55.3 Å².